The van der Waals surface area contributed by atoms with Crippen LogP contribution < -0.4 is 0 Å². The van der Waals surface area contributed by atoms with Crippen LogP contribution in [0.25, 0.3) is 0 Å². The van der Waals surface area contributed by atoms with Crippen LogP contribution in [0.1, 0.15) is 22.3 Å². The van der Waals surface area contributed by atoms with Crippen molar-refractivity contribution in [2.45, 2.75) is 24.2 Å². The second kappa shape index (κ2) is 5.96. The van der Waals surface area contributed by atoms with Crippen LogP contribution in [0.2, 0.25) is 0 Å². The van der Waals surface area contributed by atoms with Crippen molar-refractivity contribution < 1.29 is 52.7 Å². The Morgan fingerprint density at radius 1 is 0.538 bits per heavy atom. The maximum Gasteiger partial charge on any atom is 0.458 e. The van der Waals surface area contributed by atoms with Gasteiger partial charge in [-0.1, -0.05) is 0 Å². The van der Waals surface area contributed by atoms with Crippen LogP contribution >= 0.6 is 0 Å². The van der Waals surface area contributed by atoms with Gasteiger partial charge in [-0.2, -0.15) is 54.4 Å². The van der Waals surface area contributed by atoms with Gasteiger partial charge < -0.3 is 0 Å². The second-order valence-corrected chi connectivity index (χ2v) is 4.50. The zero-order chi connectivity index (χ0) is 20.9. The molecule has 0 heterocycles. The fraction of sp³-hybridized carbons (Fsp3) is 0.333. The number of nitriles is 2. The highest BCUT2D eigenvalue weighted by atomic mass is 19.4. The highest BCUT2D eigenvalue weighted by molar-refractivity contribution is 5.55. The molecule has 0 fully saturated rings. The summed E-state index contributed by atoms with van der Waals surface area (Å²) in [5.74, 6) is -20.0. The summed E-state index contributed by atoms with van der Waals surface area (Å²) in [4.78, 5) is 0. The molecule has 0 unspecified atom stereocenters. The van der Waals surface area contributed by atoms with Crippen LogP contribution in [0.15, 0.2) is 0 Å². The Morgan fingerprint density at radius 3 is 0.923 bits per heavy atom. The topological polar surface area (TPSA) is 47.6 Å². The molecule has 26 heavy (non-hydrogen) atoms. The Bertz CT molecular complexity index is 750. The third-order valence-corrected chi connectivity index (χ3v) is 2.94. The first-order chi connectivity index (χ1) is 11.5. The normalized spacial score (nSPS) is 13.3. The lowest BCUT2D eigenvalue weighted by Crippen LogP contribution is -2.42. The monoisotopic (exact) mass is 400 g/mol. The Morgan fingerprint density at radius 2 is 0.769 bits per heavy atom. The molecule has 0 saturated carbocycles. The van der Waals surface area contributed by atoms with E-state index in [1.54, 1.807) is 0 Å². The van der Waals surface area contributed by atoms with E-state index in [4.69, 9.17) is 10.5 Å². The lowest BCUT2D eigenvalue weighted by Gasteiger charge is -2.28. The zero-order valence-corrected chi connectivity index (χ0v) is 11.4. The molecule has 142 valence electrons. The predicted octanol–water partition coefficient (Wildman–Crippen LogP) is 5.02. The van der Waals surface area contributed by atoms with E-state index in [0.29, 0.717) is 12.1 Å². The third kappa shape index (κ3) is 2.89. The van der Waals surface area contributed by atoms with Gasteiger partial charge >= 0.3 is 24.2 Å². The van der Waals surface area contributed by atoms with Crippen LogP contribution in [0.5, 0.6) is 0 Å². The minimum atomic E-state index is -6.93. The van der Waals surface area contributed by atoms with Crippen molar-refractivity contribution in [3.63, 3.8) is 0 Å². The molecule has 1 aromatic rings. The SMILES string of the molecule is N#Cc1c(F)c(C(F)(F)C(F)(F)F)c(C(F)(F)C(F)(F)F)c(F)c1C#N. The van der Waals surface area contributed by atoms with Crippen LogP contribution in [-0.4, -0.2) is 12.4 Å². The molecular formula is C12F12N2. The van der Waals surface area contributed by atoms with Gasteiger partial charge in [0.15, 0.2) is 11.6 Å². The fourth-order valence-corrected chi connectivity index (χ4v) is 1.77. The minimum Gasteiger partial charge on any atom is -0.205 e. The van der Waals surface area contributed by atoms with Crippen molar-refractivity contribution in [1.82, 2.24) is 0 Å². The number of benzene rings is 1. The van der Waals surface area contributed by atoms with E-state index in [1.165, 1.54) is 0 Å². The van der Waals surface area contributed by atoms with Crippen molar-refractivity contribution in [3.05, 3.63) is 33.9 Å². The molecule has 0 aromatic heterocycles. The zero-order valence-electron chi connectivity index (χ0n) is 11.4. The molecule has 0 N–H and O–H groups in total. The molecule has 14 heteroatoms. The molecular weight excluding hydrogens is 400 g/mol. The molecule has 0 saturated heterocycles. The molecule has 0 bridgehead atoms. The first-order valence-corrected chi connectivity index (χ1v) is 5.72. The Labute approximate surface area is 134 Å². The number of alkyl halides is 10. The summed E-state index contributed by atoms with van der Waals surface area (Å²) >= 11 is 0. The standard InChI is InChI=1S/C12F12N2/c13-7-3(1-25)4(2-26)8(14)6(10(17,18)12(22,23)24)5(7)9(15,16)11(19,20)21. The molecule has 0 spiro atoms. The summed E-state index contributed by atoms with van der Waals surface area (Å²) in [7, 11) is 0. The molecule has 0 amide bonds. The van der Waals surface area contributed by atoms with Gasteiger partial charge in [0.25, 0.3) is 0 Å². The van der Waals surface area contributed by atoms with Crippen molar-refractivity contribution >= 4 is 0 Å². The highest BCUT2D eigenvalue weighted by Crippen LogP contribution is 2.54. The van der Waals surface area contributed by atoms with E-state index in [2.05, 4.69) is 0 Å². The fourth-order valence-electron chi connectivity index (χ4n) is 1.77. The van der Waals surface area contributed by atoms with E-state index < -0.39 is 58.1 Å². The van der Waals surface area contributed by atoms with Crippen molar-refractivity contribution in [2.75, 3.05) is 0 Å². The van der Waals surface area contributed by atoms with Crippen molar-refractivity contribution in [3.8, 4) is 12.1 Å². The molecule has 0 aliphatic rings. The number of rotatable bonds is 2. The summed E-state index contributed by atoms with van der Waals surface area (Å²) in [6.45, 7) is 0. The molecule has 2 nitrogen and oxygen atoms in total. The first kappa shape index (κ1) is 21.4. The predicted molar refractivity (Wildman–Crippen MR) is 55.7 cm³/mol. The summed E-state index contributed by atoms with van der Waals surface area (Å²) in [5.41, 5.74) is -11.8. The second-order valence-electron chi connectivity index (χ2n) is 4.50. The van der Waals surface area contributed by atoms with E-state index >= 15 is 0 Å². The Balaban J connectivity index is 4.31. The molecule has 0 aliphatic heterocycles. The van der Waals surface area contributed by atoms with Gasteiger partial charge in [0.05, 0.1) is 11.1 Å². The smallest absolute Gasteiger partial charge is 0.205 e. The van der Waals surface area contributed by atoms with Crippen LogP contribution in [-0.2, 0) is 11.8 Å². The molecule has 1 rings (SSSR count). The van der Waals surface area contributed by atoms with Gasteiger partial charge in [0, 0.05) is 0 Å². The van der Waals surface area contributed by atoms with Gasteiger partial charge in [-0.25, -0.2) is 8.78 Å². The minimum absolute atomic E-state index is 0.473. The van der Waals surface area contributed by atoms with Gasteiger partial charge in [-0.15, -0.1) is 0 Å². The van der Waals surface area contributed by atoms with Crippen molar-refractivity contribution in [2.24, 2.45) is 0 Å². The average Bonchev–Trinajstić information content (AvgIpc) is 2.45. The molecule has 0 atom stereocenters. The number of hydrogen-bond acceptors (Lipinski definition) is 2. The largest absolute Gasteiger partial charge is 0.458 e. The van der Waals surface area contributed by atoms with E-state index in [9.17, 15) is 52.7 Å². The van der Waals surface area contributed by atoms with Crippen LogP contribution in [0.4, 0.5) is 52.7 Å². The number of halogens is 12. The van der Waals surface area contributed by atoms with Gasteiger partial charge in [0.1, 0.15) is 23.3 Å². The van der Waals surface area contributed by atoms with Crippen molar-refractivity contribution in [1.29, 1.82) is 10.5 Å². The third-order valence-electron chi connectivity index (χ3n) is 2.94. The quantitative estimate of drug-likeness (QED) is 0.655. The maximum atomic E-state index is 13.9. The first-order valence-electron chi connectivity index (χ1n) is 5.72. The summed E-state index contributed by atoms with van der Waals surface area (Å²) in [6, 6.07) is 0.945. The van der Waals surface area contributed by atoms with Gasteiger partial charge in [-0.3, -0.25) is 0 Å². The summed E-state index contributed by atoms with van der Waals surface area (Å²) in [5, 5.41) is 16.9. The lowest BCUT2D eigenvalue weighted by molar-refractivity contribution is -0.303. The molecule has 0 radical (unpaired) electrons. The molecule has 0 aliphatic carbocycles. The van der Waals surface area contributed by atoms with Crippen LogP contribution in [0.3, 0.4) is 0 Å². The summed E-state index contributed by atoms with van der Waals surface area (Å²) in [6.07, 6.45) is -13.9. The van der Waals surface area contributed by atoms with Gasteiger partial charge in [-0.05, 0) is 0 Å². The maximum absolute atomic E-state index is 13.9. The Kier molecular flexibility index (Phi) is 4.91. The van der Waals surface area contributed by atoms with Crippen LogP contribution in [0, 0.1) is 34.3 Å². The van der Waals surface area contributed by atoms with E-state index in [1.807, 2.05) is 0 Å². The number of nitrogens with zero attached hydrogens (tertiary/aromatic N) is 2. The Hall–Kier alpha value is -2.64. The lowest BCUT2D eigenvalue weighted by atomic mass is 9.89. The average molecular weight is 400 g/mol. The number of hydrogen-bond donors (Lipinski definition) is 0. The van der Waals surface area contributed by atoms with Gasteiger partial charge in [0.2, 0.25) is 0 Å². The molecule has 1 aromatic carbocycles. The summed E-state index contributed by atoms with van der Waals surface area (Å²) < 4.78 is 156. The van der Waals surface area contributed by atoms with E-state index in [-0.39, 0.29) is 0 Å². The highest BCUT2D eigenvalue weighted by Gasteiger charge is 2.68. The van der Waals surface area contributed by atoms with E-state index in [0.717, 1.165) is 0 Å².